The molecule has 8 heteroatoms. The highest BCUT2D eigenvalue weighted by molar-refractivity contribution is 5.92. The number of piperidine rings is 1. The van der Waals surface area contributed by atoms with Crippen LogP contribution in [0.5, 0.6) is 0 Å². The van der Waals surface area contributed by atoms with Gasteiger partial charge in [0.25, 0.3) is 11.5 Å². The van der Waals surface area contributed by atoms with Gasteiger partial charge in [-0.25, -0.2) is 4.68 Å². The predicted octanol–water partition coefficient (Wildman–Crippen LogP) is 1.54. The van der Waals surface area contributed by atoms with Crippen molar-refractivity contribution in [1.29, 1.82) is 0 Å². The van der Waals surface area contributed by atoms with Crippen molar-refractivity contribution in [3.8, 4) is 0 Å². The van der Waals surface area contributed by atoms with Crippen LogP contribution in [0, 0.1) is 5.92 Å². The van der Waals surface area contributed by atoms with Crippen LogP contribution in [0.2, 0.25) is 0 Å². The maximum atomic E-state index is 12.2. The van der Waals surface area contributed by atoms with Crippen LogP contribution in [0.3, 0.4) is 0 Å². The van der Waals surface area contributed by atoms with Gasteiger partial charge in [-0.2, -0.15) is 5.10 Å². The number of aromatic nitrogens is 3. The molecule has 3 heterocycles. The summed E-state index contributed by atoms with van der Waals surface area (Å²) in [5, 5.41) is 10.9. The third-order valence-corrected chi connectivity index (χ3v) is 4.81. The number of amides is 1. The molecule has 1 aliphatic rings. The molecule has 140 valence electrons. The molecule has 2 aromatic heterocycles. The van der Waals surface area contributed by atoms with Crippen LogP contribution in [0.25, 0.3) is 0 Å². The normalized spacial score (nSPS) is 15.5. The standard InChI is InChI=1S/C18H25N5O3/c1-12(2)16-9-15(21-26-16)18(25)19-10-13-4-6-23(7-5-13)14-8-17(24)22(3)20-11-14/h8-9,11-13H,4-7,10H2,1-3H3,(H,19,25). The van der Waals surface area contributed by atoms with E-state index in [0.717, 1.165) is 31.6 Å². The maximum absolute atomic E-state index is 12.2. The molecule has 0 saturated carbocycles. The first-order valence-electron chi connectivity index (χ1n) is 8.97. The molecule has 1 aliphatic heterocycles. The second-order valence-corrected chi connectivity index (χ2v) is 7.09. The highest BCUT2D eigenvalue weighted by Crippen LogP contribution is 2.21. The van der Waals surface area contributed by atoms with Crippen LogP contribution in [-0.2, 0) is 7.05 Å². The zero-order chi connectivity index (χ0) is 18.7. The lowest BCUT2D eigenvalue weighted by Crippen LogP contribution is -2.39. The average Bonchev–Trinajstić information content (AvgIpc) is 3.13. The third-order valence-electron chi connectivity index (χ3n) is 4.81. The zero-order valence-electron chi connectivity index (χ0n) is 15.4. The van der Waals surface area contributed by atoms with E-state index < -0.39 is 0 Å². The minimum atomic E-state index is -0.196. The van der Waals surface area contributed by atoms with E-state index in [1.54, 1.807) is 25.4 Å². The van der Waals surface area contributed by atoms with E-state index in [1.165, 1.54) is 4.68 Å². The second-order valence-electron chi connectivity index (χ2n) is 7.09. The summed E-state index contributed by atoms with van der Waals surface area (Å²) in [4.78, 5) is 26.1. The van der Waals surface area contributed by atoms with Gasteiger partial charge in [-0.15, -0.1) is 0 Å². The zero-order valence-corrected chi connectivity index (χ0v) is 15.4. The lowest BCUT2D eigenvalue weighted by Gasteiger charge is -2.33. The molecule has 1 amide bonds. The first-order chi connectivity index (χ1) is 12.4. The summed E-state index contributed by atoms with van der Waals surface area (Å²) in [6, 6.07) is 3.32. The monoisotopic (exact) mass is 359 g/mol. The molecule has 0 atom stereocenters. The van der Waals surface area contributed by atoms with E-state index in [4.69, 9.17) is 4.52 Å². The third kappa shape index (κ3) is 4.12. The van der Waals surface area contributed by atoms with Gasteiger partial charge in [0.05, 0.1) is 11.9 Å². The molecule has 1 N–H and O–H groups in total. The summed E-state index contributed by atoms with van der Waals surface area (Å²) in [5.41, 5.74) is 1.09. The molecule has 26 heavy (non-hydrogen) atoms. The first-order valence-corrected chi connectivity index (χ1v) is 8.97. The number of nitrogens with zero attached hydrogens (tertiary/aromatic N) is 4. The van der Waals surface area contributed by atoms with Gasteiger partial charge < -0.3 is 14.7 Å². The second kappa shape index (κ2) is 7.72. The van der Waals surface area contributed by atoms with E-state index in [-0.39, 0.29) is 17.4 Å². The fraction of sp³-hybridized carbons (Fsp3) is 0.556. The van der Waals surface area contributed by atoms with Crippen molar-refractivity contribution in [3.05, 3.63) is 40.1 Å². The molecule has 3 rings (SSSR count). The molecule has 1 saturated heterocycles. The van der Waals surface area contributed by atoms with Crippen molar-refractivity contribution in [3.63, 3.8) is 0 Å². The Hall–Kier alpha value is -2.64. The molecular formula is C18H25N5O3. The van der Waals surface area contributed by atoms with Crippen LogP contribution in [0.15, 0.2) is 27.6 Å². The Morgan fingerprint density at radius 3 is 2.69 bits per heavy atom. The highest BCUT2D eigenvalue weighted by Gasteiger charge is 2.21. The summed E-state index contributed by atoms with van der Waals surface area (Å²) in [5.74, 6) is 1.13. The topological polar surface area (TPSA) is 93.3 Å². The van der Waals surface area contributed by atoms with Crippen molar-refractivity contribution in [1.82, 2.24) is 20.3 Å². The number of hydrogen-bond acceptors (Lipinski definition) is 6. The van der Waals surface area contributed by atoms with Crippen LogP contribution in [0.4, 0.5) is 5.69 Å². The van der Waals surface area contributed by atoms with Crippen LogP contribution in [-0.4, -0.2) is 40.5 Å². The summed E-state index contributed by atoms with van der Waals surface area (Å²) in [6.45, 7) is 6.29. The molecule has 2 aromatic rings. The number of nitrogens with one attached hydrogen (secondary N) is 1. The molecule has 0 spiro atoms. The molecule has 0 unspecified atom stereocenters. The molecule has 0 aromatic carbocycles. The van der Waals surface area contributed by atoms with Gasteiger partial charge in [0.1, 0.15) is 5.76 Å². The Kier molecular flexibility index (Phi) is 5.39. The summed E-state index contributed by atoms with van der Waals surface area (Å²) in [7, 11) is 1.64. The Labute approximate surface area is 152 Å². The number of carbonyl (C=O) groups is 1. The van der Waals surface area contributed by atoms with Crippen molar-refractivity contribution in [2.75, 3.05) is 24.5 Å². The van der Waals surface area contributed by atoms with Crippen LogP contribution < -0.4 is 15.8 Å². The van der Waals surface area contributed by atoms with Gasteiger partial charge in [-0.3, -0.25) is 9.59 Å². The number of anilines is 1. The molecular weight excluding hydrogens is 334 g/mol. The summed E-state index contributed by atoms with van der Waals surface area (Å²) in [6.07, 6.45) is 3.62. The first kappa shape index (κ1) is 18.2. The Morgan fingerprint density at radius 2 is 2.08 bits per heavy atom. The van der Waals surface area contributed by atoms with E-state index >= 15 is 0 Å². The lowest BCUT2D eigenvalue weighted by molar-refractivity contribution is 0.0935. The van der Waals surface area contributed by atoms with E-state index in [9.17, 15) is 9.59 Å². The molecule has 0 bridgehead atoms. The SMILES string of the molecule is CC(C)c1cc(C(=O)NCC2CCN(c3cnn(C)c(=O)c3)CC2)no1. The number of hydrogen-bond donors (Lipinski definition) is 1. The van der Waals surface area contributed by atoms with Crippen molar-refractivity contribution in [2.24, 2.45) is 13.0 Å². The van der Waals surface area contributed by atoms with E-state index in [0.29, 0.717) is 23.9 Å². The number of aryl methyl sites for hydroxylation is 1. The lowest BCUT2D eigenvalue weighted by atomic mass is 9.96. The fourth-order valence-corrected chi connectivity index (χ4v) is 3.02. The van der Waals surface area contributed by atoms with Crippen molar-refractivity contribution in [2.45, 2.75) is 32.6 Å². The molecule has 0 radical (unpaired) electrons. The minimum Gasteiger partial charge on any atom is -0.370 e. The molecule has 0 aliphatic carbocycles. The van der Waals surface area contributed by atoms with Crippen molar-refractivity contribution >= 4 is 11.6 Å². The number of rotatable bonds is 5. The summed E-state index contributed by atoms with van der Waals surface area (Å²) < 4.78 is 6.49. The van der Waals surface area contributed by atoms with Gasteiger partial charge in [0, 0.05) is 44.7 Å². The van der Waals surface area contributed by atoms with Gasteiger partial charge in [-0.05, 0) is 18.8 Å². The molecule has 8 nitrogen and oxygen atoms in total. The van der Waals surface area contributed by atoms with Crippen LogP contribution in [0.1, 0.15) is 48.9 Å². The average molecular weight is 359 g/mol. The highest BCUT2D eigenvalue weighted by atomic mass is 16.5. The Morgan fingerprint density at radius 1 is 1.35 bits per heavy atom. The summed E-state index contributed by atoms with van der Waals surface area (Å²) >= 11 is 0. The smallest absolute Gasteiger partial charge is 0.273 e. The van der Waals surface area contributed by atoms with Crippen LogP contribution >= 0.6 is 0 Å². The largest absolute Gasteiger partial charge is 0.370 e. The Balaban J connectivity index is 1.48. The van der Waals surface area contributed by atoms with E-state index in [1.807, 2.05) is 13.8 Å². The van der Waals surface area contributed by atoms with Gasteiger partial charge in [0.15, 0.2) is 5.69 Å². The number of carbonyl (C=O) groups excluding carboxylic acids is 1. The quantitative estimate of drug-likeness (QED) is 0.870. The van der Waals surface area contributed by atoms with Gasteiger partial charge >= 0.3 is 0 Å². The van der Waals surface area contributed by atoms with Gasteiger partial charge in [0.2, 0.25) is 0 Å². The van der Waals surface area contributed by atoms with Gasteiger partial charge in [-0.1, -0.05) is 19.0 Å². The minimum absolute atomic E-state index is 0.106. The van der Waals surface area contributed by atoms with E-state index in [2.05, 4.69) is 20.5 Å². The Bertz CT molecular complexity index is 818. The maximum Gasteiger partial charge on any atom is 0.273 e. The molecule has 1 fully saturated rings. The predicted molar refractivity (Wildman–Crippen MR) is 97.3 cm³/mol. The van der Waals surface area contributed by atoms with Crippen molar-refractivity contribution < 1.29 is 9.32 Å². The fourth-order valence-electron chi connectivity index (χ4n) is 3.02.